The summed E-state index contributed by atoms with van der Waals surface area (Å²) in [4.78, 5) is 13.7. The fourth-order valence-corrected chi connectivity index (χ4v) is 2.71. The quantitative estimate of drug-likeness (QED) is 0.933. The lowest BCUT2D eigenvalue weighted by atomic mass is 9.99. The molecule has 3 rings (SSSR count). The number of carbonyl (C=O) groups excluding carboxylic acids is 1. The van der Waals surface area contributed by atoms with Crippen molar-refractivity contribution in [3.63, 3.8) is 0 Å². The average molecular weight is 282 g/mol. The van der Waals surface area contributed by atoms with E-state index in [2.05, 4.69) is 44.7 Å². The van der Waals surface area contributed by atoms with Crippen LogP contribution in [0.15, 0.2) is 42.5 Å². The van der Waals surface area contributed by atoms with E-state index < -0.39 is 0 Å². The number of nitrogens with one attached hydrogen (secondary N) is 1. The first-order chi connectivity index (χ1) is 10.3. The van der Waals surface area contributed by atoms with Crippen molar-refractivity contribution in [2.75, 3.05) is 25.0 Å². The Morgan fingerprint density at radius 1 is 1.19 bits per heavy atom. The minimum absolute atomic E-state index is 0.211. The molecule has 1 amide bonds. The van der Waals surface area contributed by atoms with Crippen molar-refractivity contribution < 1.29 is 4.79 Å². The van der Waals surface area contributed by atoms with Crippen LogP contribution >= 0.6 is 0 Å². The van der Waals surface area contributed by atoms with Crippen molar-refractivity contribution in [1.29, 1.82) is 0 Å². The van der Waals surface area contributed by atoms with E-state index in [0.29, 0.717) is 11.6 Å². The van der Waals surface area contributed by atoms with Crippen LogP contribution in [0.3, 0.4) is 0 Å². The molecule has 2 aromatic rings. The van der Waals surface area contributed by atoms with E-state index in [1.165, 1.54) is 5.56 Å². The van der Waals surface area contributed by atoms with Crippen LogP contribution in [0.4, 0.5) is 5.82 Å². The van der Waals surface area contributed by atoms with Gasteiger partial charge in [0.15, 0.2) is 11.5 Å². The second-order valence-corrected chi connectivity index (χ2v) is 5.20. The number of nitrogens with zero attached hydrogens (tertiary/aromatic N) is 3. The number of hydrogen-bond acceptors (Lipinski definition) is 4. The number of rotatable bonds is 3. The van der Waals surface area contributed by atoms with Gasteiger partial charge in [0, 0.05) is 26.1 Å². The average Bonchev–Trinajstić information content (AvgIpc) is 3.05. The minimum Gasteiger partial charge on any atom is -0.354 e. The van der Waals surface area contributed by atoms with E-state index in [1.807, 2.05) is 12.1 Å². The standard InChI is InChI=1S/C16H18N4O/c1-17-16(21)14-7-8-15(19-18-14)20-10-9-13(11-20)12-5-3-2-4-6-12/h2-8,13H,9-11H2,1H3,(H,17,21). The number of aromatic nitrogens is 2. The Morgan fingerprint density at radius 2 is 2.00 bits per heavy atom. The topological polar surface area (TPSA) is 58.1 Å². The summed E-state index contributed by atoms with van der Waals surface area (Å²) in [5, 5.41) is 10.7. The number of benzene rings is 1. The summed E-state index contributed by atoms with van der Waals surface area (Å²) in [5.41, 5.74) is 1.72. The lowest BCUT2D eigenvalue weighted by Gasteiger charge is -2.17. The Bertz CT molecular complexity index is 612. The zero-order valence-electron chi connectivity index (χ0n) is 12.0. The zero-order chi connectivity index (χ0) is 14.7. The van der Waals surface area contributed by atoms with Gasteiger partial charge in [0.25, 0.3) is 5.91 Å². The van der Waals surface area contributed by atoms with Crippen LogP contribution in [0.2, 0.25) is 0 Å². The molecular weight excluding hydrogens is 264 g/mol. The Morgan fingerprint density at radius 3 is 2.67 bits per heavy atom. The lowest BCUT2D eigenvalue weighted by Crippen LogP contribution is -2.23. The van der Waals surface area contributed by atoms with E-state index in [1.54, 1.807) is 13.1 Å². The smallest absolute Gasteiger partial charge is 0.271 e. The maximum absolute atomic E-state index is 11.5. The third kappa shape index (κ3) is 2.86. The molecule has 5 nitrogen and oxygen atoms in total. The molecule has 2 heterocycles. The molecule has 0 bridgehead atoms. The second-order valence-electron chi connectivity index (χ2n) is 5.20. The normalized spacial score (nSPS) is 17.8. The summed E-state index contributed by atoms with van der Waals surface area (Å²) in [6.07, 6.45) is 1.11. The molecule has 1 aromatic heterocycles. The molecule has 1 aliphatic heterocycles. The summed E-state index contributed by atoms with van der Waals surface area (Å²) in [6.45, 7) is 1.91. The van der Waals surface area contributed by atoms with Crippen molar-refractivity contribution in [2.45, 2.75) is 12.3 Å². The molecule has 1 atom stereocenters. The first-order valence-electron chi connectivity index (χ1n) is 7.13. The number of carbonyl (C=O) groups is 1. The van der Waals surface area contributed by atoms with E-state index >= 15 is 0 Å². The summed E-state index contributed by atoms with van der Waals surface area (Å²) in [6, 6.07) is 14.1. The van der Waals surface area contributed by atoms with E-state index in [4.69, 9.17) is 0 Å². The first kappa shape index (κ1) is 13.5. The molecule has 1 N–H and O–H groups in total. The van der Waals surface area contributed by atoms with Gasteiger partial charge in [-0.3, -0.25) is 4.79 Å². The largest absolute Gasteiger partial charge is 0.354 e. The molecule has 0 radical (unpaired) electrons. The minimum atomic E-state index is -0.211. The van der Waals surface area contributed by atoms with Gasteiger partial charge in [0.1, 0.15) is 0 Å². The Kier molecular flexibility index (Phi) is 3.81. The Balaban J connectivity index is 1.70. The molecule has 108 valence electrons. The molecule has 1 fully saturated rings. The van der Waals surface area contributed by atoms with Crippen molar-refractivity contribution in [3.8, 4) is 0 Å². The molecular formula is C16H18N4O. The second kappa shape index (κ2) is 5.91. The maximum Gasteiger partial charge on any atom is 0.271 e. The Labute approximate surface area is 124 Å². The van der Waals surface area contributed by atoms with Crippen LogP contribution in [0.5, 0.6) is 0 Å². The SMILES string of the molecule is CNC(=O)c1ccc(N2CCC(c3ccccc3)C2)nn1. The van der Waals surface area contributed by atoms with E-state index in [-0.39, 0.29) is 5.91 Å². The predicted molar refractivity (Wildman–Crippen MR) is 81.4 cm³/mol. The van der Waals surface area contributed by atoms with Crippen LogP contribution < -0.4 is 10.2 Å². The van der Waals surface area contributed by atoms with Crippen LogP contribution in [-0.2, 0) is 0 Å². The highest BCUT2D eigenvalue weighted by Gasteiger charge is 2.25. The number of anilines is 1. The summed E-state index contributed by atoms with van der Waals surface area (Å²) in [5.74, 6) is 1.16. The third-order valence-corrected chi connectivity index (χ3v) is 3.89. The van der Waals surface area contributed by atoms with Gasteiger partial charge in [-0.2, -0.15) is 0 Å². The summed E-state index contributed by atoms with van der Waals surface area (Å²) >= 11 is 0. The van der Waals surface area contributed by atoms with Crippen molar-refractivity contribution in [3.05, 3.63) is 53.7 Å². The van der Waals surface area contributed by atoms with Gasteiger partial charge in [-0.15, -0.1) is 10.2 Å². The number of hydrogen-bond donors (Lipinski definition) is 1. The molecule has 1 aromatic carbocycles. The number of amides is 1. The molecule has 0 aliphatic carbocycles. The maximum atomic E-state index is 11.5. The Hall–Kier alpha value is -2.43. The molecule has 1 saturated heterocycles. The van der Waals surface area contributed by atoms with E-state index in [9.17, 15) is 4.79 Å². The van der Waals surface area contributed by atoms with Crippen molar-refractivity contribution >= 4 is 11.7 Å². The molecule has 1 aliphatic rings. The molecule has 0 spiro atoms. The van der Waals surface area contributed by atoms with Crippen LogP contribution in [0.1, 0.15) is 28.4 Å². The summed E-state index contributed by atoms with van der Waals surface area (Å²) in [7, 11) is 1.59. The van der Waals surface area contributed by atoms with Gasteiger partial charge in [0.2, 0.25) is 0 Å². The first-order valence-corrected chi connectivity index (χ1v) is 7.13. The van der Waals surface area contributed by atoms with Crippen molar-refractivity contribution in [1.82, 2.24) is 15.5 Å². The highest BCUT2D eigenvalue weighted by atomic mass is 16.1. The van der Waals surface area contributed by atoms with Gasteiger partial charge in [-0.25, -0.2) is 0 Å². The molecule has 0 saturated carbocycles. The molecule has 1 unspecified atom stereocenters. The molecule has 5 heteroatoms. The lowest BCUT2D eigenvalue weighted by molar-refractivity contribution is 0.0957. The highest BCUT2D eigenvalue weighted by molar-refractivity contribution is 5.91. The fraction of sp³-hybridized carbons (Fsp3) is 0.312. The zero-order valence-corrected chi connectivity index (χ0v) is 12.0. The van der Waals surface area contributed by atoms with Gasteiger partial charge < -0.3 is 10.2 Å². The highest BCUT2D eigenvalue weighted by Crippen LogP contribution is 2.29. The summed E-state index contributed by atoms with van der Waals surface area (Å²) < 4.78 is 0. The van der Waals surface area contributed by atoms with Gasteiger partial charge in [0.05, 0.1) is 0 Å². The van der Waals surface area contributed by atoms with E-state index in [0.717, 1.165) is 25.3 Å². The van der Waals surface area contributed by atoms with Gasteiger partial charge in [-0.05, 0) is 24.1 Å². The molecule has 21 heavy (non-hydrogen) atoms. The third-order valence-electron chi connectivity index (χ3n) is 3.89. The predicted octanol–water partition coefficient (Wildman–Crippen LogP) is 1.83. The monoisotopic (exact) mass is 282 g/mol. The van der Waals surface area contributed by atoms with Crippen molar-refractivity contribution in [2.24, 2.45) is 0 Å². The van der Waals surface area contributed by atoms with Gasteiger partial charge >= 0.3 is 0 Å². The van der Waals surface area contributed by atoms with Crippen LogP contribution in [0.25, 0.3) is 0 Å². The van der Waals surface area contributed by atoms with Gasteiger partial charge in [-0.1, -0.05) is 30.3 Å². The van der Waals surface area contributed by atoms with Crippen LogP contribution in [-0.4, -0.2) is 36.2 Å². The fourth-order valence-electron chi connectivity index (χ4n) is 2.71. The van der Waals surface area contributed by atoms with Crippen LogP contribution in [0, 0.1) is 0 Å².